The second kappa shape index (κ2) is 4.26. The molecule has 0 fully saturated rings. The number of anilines is 1. The van der Waals surface area contributed by atoms with E-state index in [4.69, 9.17) is 0 Å². The first-order chi connectivity index (χ1) is 6.93. The minimum atomic E-state index is -0.413. The van der Waals surface area contributed by atoms with Crippen molar-refractivity contribution in [3.8, 4) is 0 Å². The summed E-state index contributed by atoms with van der Waals surface area (Å²) in [6.07, 6.45) is 0.773. The van der Waals surface area contributed by atoms with E-state index in [2.05, 4.69) is 5.32 Å². The third-order valence-corrected chi connectivity index (χ3v) is 1.99. The predicted octanol–water partition coefficient (Wildman–Crippen LogP) is 2.48. The summed E-state index contributed by atoms with van der Waals surface area (Å²) in [5.74, 6) is -0.0404. The fourth-order valence-corrected chi connectivity index (χ4v) is 0.964. The molecule has 15 heavy (non-hydrogen) atoms. The van der Waals surface area contributed by atoms with Gasteiger partial charge in [0, 0.05) is 16.7 Å². The summed E-state index contributed by atoms with van der Waals surface area (Å²) in [5, 5.41) is 2.78. The summed E-state index contributed by atoms with van der Waals surface area (Å²) in [7, 11) is 0. The van der Waals surface area contributed by atoms with E-state index in [0.717, 1.165) is 6.29 Å². The monoisotopic (exact) mass is 205 g/mol. The molecule has 0 radical (unpaired) electrons. The van der Waals surface area contributed by atoms with Gasteiger partial charge in [0.05, 0.1) is 0 Å². The van der Waals surface area contributed by atoms with Crippen molar-refractivity contribution >= 4 is 17.9 Å². The first kappa shape index (κ1) is 11.4. The Kier molecular flexibility index (Phi) is 3.24. The fourth-order valence-electron chi connectivity index (χ4n) is 0.964. The van der Waals surface area contributed by atoms with Crippen LogP contribution in [0.4, 0.5) is 5.69 Å². The van der Waals surface area contributed by atoms with Gasteiger partial charge in [-0.05, 0) is 24.3 Å². The minimum Gasteiger partial charge on any atom is -0.326 e. The fraction of sp³-hybridized carbons (Fsp3) is 0.333. The van der Waals surface area contributed by atoms with E-state index in [0.29, 0.717) is 11.3 Å². The smallest absolute Gasteiger partial charge is 0.229 e. The highest BCUT2D eigenvalue weighted by Crippen LogP contribution is 2.17. The zero-order valence-corrected chi connectivity index (χ0v) is 9.20. The Hall–Kier alpha value is -1.64. The Morgan fingerprint density at radius 3 is 2.13 bits per heavy atom. The van der Waals surface area contributed by atoms with Gasteiger partial charge >= 0.3 is 0 Å². The maximum atomic E-state index is 11.6. The van der Waals surface area contributed by atoms with Gasteiger partial charge in [0.2, 0.25) is 5.91 Å². The zero-order chi connectivity index (χ0) is 11.5. The Labute approximate surface area is 89.5 Å². The number of carbonyl (C=O) groups is 2. The van der Waals surface area contributed by atoms with Crippen LogP contribution in [-0.2, 0) is 4.79 Å². The minimum absolute atomic E-state index is 0.0404. The topological polar surface area (TPSA) is 46.2 Å². The van der Waals surface area contributed by atoms with Gasteiger partial charge in [-0.2, -0.15) is 0 Å². The molecule has 0 aliphatic rings. The van der Waals surface area contributed by atoms with Crippen LogP contribution in [0.2, 0.25) is 0 Å². The average molecular weight is 205 g/mol. The molecule has 1 aromatic carbocycles. The molecular formula is C12H15NO2. The van der Waals surface area contributed by atoms with Gasteiger partial charge in [-0.25, -0.2) is 0 Å². The summed E-state index contributed by atoms with van der Waals surface area (Å²) in [4.78, 5) is 22.0. The van der Waals surface area contributed by atoms with Crippen molar-refractivity contribution in [2.75, 3.05) is 5.32 Å². The van der Waals surface area contributed by atoms with Crippen LogP contribution in [0.3, 0.4) is 0 Å². The number of nitrogens with one attached hydrogen (secondary N) is 1. The zero-order valence-electron chi connectivity index (χ0n) is 9.20. The molecule has 3 nitrogen and oxygen atoms in total. The molecule has 0 saturated carbocycles. The molecule has 0 aromatic heterocycles. The lowest BCUT2D eigenvalue weighted by atomic mass is 9.95. The van der Waals surface area contributed by atoms with E-state index >= 15 is 0 Å². The molecule has 1 N–H and O–H groups in total. The molecule has 0 heterocycles. The van der Waals surface area contributed by atoms with E-state index in [9.17, 15) is 9.59 Å². The third-order valence-electron chi connectivity index (χ3n) is 1.99. The molecule has 0 bridgehead atoms. The standard InChI is InChI=1S/C12H15NO2/c1-12(2,3)11(15)13-10-6-4-9(8-14)5-7-10/h4-8H,1-3H3,(H,13,15). The maximum Gasteiger partial charge on any atom is 0.229 e. The molecule has 0 aliphatic carbocycles. The number of aldehydes is 1. The van der Waals surface area contributed by atoms with E-state index in [1.54, 1.807) is 24.3 Å². The third kappa shape index (κ3) is 3.20. The SMILES string of the molecule is CC(C)(C)C(=O)Nc1ccc(C=O)cc1. The first-order valence-electron chi connectivity index (χ1n) is 4.80. The number of carbonyl (C=O) groups excluding carboxylic acids is 2. The van der Waals surface area contributed by atoms with Gasteiger partial charge in [0.15, 0.2) is 0 Å². The second-order valence-electron chi connectivity index (χ2n) is 4.44. The Morgan fingerprint density at radius 2 is 1.73 bits per heavy atom. The Bertz CT molecular complexity index is 360. The van der Waals surface area contributed by atoms with E-state index in [-0.39, 0.29) is 5.91 Å². The average Bonchev–Trinajstić information content (AvgIpc) is 2.17. The van der Waals surface area contributed by atoms with Crippen molar-refractivity contribution in [1.82, 2.24) is 0 Å². The molecule has 3 heteroatoms. The van der Waals surface area contributed by atoms with E-state index in [1.807, 2.05) is 20.8 Å². The summed E-state index contributed by atoms with van der Waals surface area (Å²) < 4.78 is 0. The molecule has 80 valence electrons. The highest BCUT2D eigenvalue weighted by molar-refractivity contribution is 5.94. The highest BCUT2D eigenvalue weighted by Gasteiger charge is 2.20. The largest absolute Gasteiger partial charge is 0.326 e. The number of benzene rings is 1. The van der Waals surface area contributed by atoms with Crippen molar-refractivity contribution in [2.24, 2.45) is 5.41 Å². The van der Waals surface area contributed by atoms with Crippen molar-refractivity contribution in [2.45, 2.75) is 20.8 Å². The van der Waals surface area contributed by atoms with Gasteiger partial charge in [0.1, 0.15) is 6.29 Å². The summed E-state index contributed by atoms with van der Waals surface area (Å²) in [6, 6.07) is 6.78. The number of amides is 1. The highest BCUT2D eigenvalue weighted by atomic mass is 16.2. The van der Waals surface area contributed by atoms with Gasteiger partial charge in [0.25, 0.3) is 0 Å². The lowest BCUT2D eigenvalue weighted by Crippen LogP contribution is -2.27. The van der Waals surface area contributed by atoms with Crippen LogP contribution in [0.5, 0.6) is 0 Å². The molecule has 0 aliphatic heterocycles. The Morgan fingerprint density at radius 1 is 1.20 bits per heavy atom. The van der Waals surface area contributed by atoms with Crippen LogP contribution in [0.1, 0.15) is 31.1 Å². The summed E-state index contributed by atoms with van der Waals surface area (Å²) in [6.45, 7) is 5.55. The summed E-state index contributed by atoms with van der Waals surface area (Å²) in [5.41, 5.74) is 0.896. The Balaban J connectivity index is 2.74. The van der Waals surface area contributed by atoms with Crippen LogP contribution in [0, 0.1) is 5.41 Å². The van der Waals surface area contributed by atoms with E-state index < -0.39 is 5.41 Å². The van der Waals surface area contributed by atoms with Crippen LogP contribution >= 0.6 is 0 Å². The normalized spacial score (nSPS) is 10.9. The molecule has 0 unspecified atom stereocenters. The van der Waals surface area contributed by atoms with Crippen molar-refractivity contribution in [3.05, 3.63) is 29.8 Å². The molecule has 1 rings (SSSR count). The number of rotatable bonds is 2. The molecule has 0 atom stereocenters. The van der Waals surface area contributed by atoms with Crippen molar-refractivity contribution in [3.63, 3.8) is 0 Å². The van der Waals surface area contributed by atoms with Gasteiger partial charge in [-0.15, -0.1) is 0 Å². The van der Waals surface area contributed by atoms with Crippen LogP contribution in [0.15, 0.2) is 24.3 Å². The number of hydrogen-bond acceptors (Lipinski definition) is 2. The van der Waals surface area contributed by atoms with Crippen molar-refractivity contribution in [1.29, 1.82) is 0 Å². The molecule has 0 saturated heterocycles. The van der Waals surface area contributed by atoms with Crippen LogP contribution in [-0.4, -0.2) is 12.2 Å². The quantitative estimate of drug-likeness (QED) is 0.754. The van der Waals surface area contributed by atoms with Crippen LogP contribution in [0.25, 0.3) is 0 Å². The molecule has 1 amide bonds. The lowest BCUT2D eigenvalue weighted by Gasteiger charge is -2.17. The molecular weight excluding hydrogens is 190 g/mol. The van der Waals surface area contributed by atoms with Gasteiger partial charge in [-0.1, -0.05) is 20.8 Å². The number of hydrogen-bond donors (Lipinski definition) is 1. The molecule has 1 aromatic rings. The van der Waals surface area contributed by atoms with Gasteiger partial charge in [-0.3, -0.25) is 9.59 Å². The van der Waals surface area contributed by atoms with E-state index in [1.165, 1.54) is 0 Å². The predicted molar refractivity (Wildman–Crippen MR) is 59.9 cm³/mol. The lowest BCUT2D eigenvalue weighted by molar-refractivity contribution is -0.123. The maximum absolute atomic E-state index is 11.6. The first-order valence-corrected chi connectivity index (χ1v) is 4.80. The van der Waals surface area contributed by atoms with Crippen molar-refractivity contribution < 1.29 is 9.59 Å². The van der Waals surface area contributed by atoms with Gasteiger partial charge < -0.3 is 5.32 Å². The second-order valence-corrected chi connectivity index (χ2v) is 4.44. The summed E-state index contributed by atoms with van der Waals surface area (Å²) >= 11 is 0. The molecule has 0 spiro atoms. The van der Waals surface area contributed by atoms with Crippen LogP contribution < -0.4 is 5.32 Å².